The van der Waals surface area contributed by atoms with E-state index < -0.39 is 0 Å². The second kappa shape index (κ2) is 5.32. The van der Waals surface area contributed by atoms with Gasteiger partial charge in [-0.3, -0.25) is 0 Å². The van der Waals surface area contributed by atoms with Gasteiger partial charge in [0.25, 0.3) is 0 Å². The van der Waals surface area contributed by atoms with Crippen LogP contribution in [0.2, 0.25) is 0 Å². The quantitative estimate of drug-likeness (QED) is 0.794. The second-order valence-corrected chi connectivity index (χ2v) is 4.73. The molecule has 0 heterocycles. The van der Waals surface area contributed by atoms with Gasteiger partial charge < -0.3 is 5.32 Å². The van der Waals surface area contributed by atoms with E-state index in [2.05, 4.69) is 51.2 Å². The highest BCUT2D eigenvalue weighted by Gasteiger charge is 2.09. The lowest BCUT2D eigenvalue weighted by atomic mass is 9.91. The third-order valence-corrected chi connectivity index (χ3v) is 3.01. The maximum Gasteiger partial charge on any atom is 0.00145 e. The van der Waals surface area contributed by atoms with E-state index in [4.69, 9.17) is 0 Å². The maximum atomic E-state index is 3.24. The van der Waals surface area contributed by atoms with E-state index in [0.29, 0.717) is 11.8 Å². The van der Waals surface area contributed by atoms with Crippen molar-refractivity contribution < 1.29 is 0 Å². The van der Waals surface area contributed by atoms with Crippen LogP contribution in [-0.2, 0) is 0 Å². The molecule has 1 aromatic rings. The summed E-state index contributed by atoms with van der Waals surface area (Å²) < 4.78 is 0. The van der Waals surface area contributed by atoms with Crippen LogP contribution in [0.5, 0.6) is 0 Å². The molecule has 0 saturated carbocycles. The van der Waals surface area contributed by atoms with Crippen LogP contribution in [0.15, 0.2) is 18.2 Å². The number of hydrogen-bond acceptors (Lipinski definition) is 1. The Morgan fingerprint density at radius 1 is 1.20 bits per heavy atom. The Morgan fingerprint density at radius 2 is 1.87 bits per heavy atom. The number of likely N-dealkylation sites (N-methyl/N-ethyl adjacent to an activating group) is 1. The van der Waals surface area contributed by atoms with Crippen LogP contribution < -0.4 is 5.32 Å². The fraction of sp³-hybridized carbons (Fsp3) is 0.571. The summed E-state index contributed by atoms with van der Waals surface area (Å²) in [6.07, 6.45) is 0. The Morgan fingerprint density at radius 3 is 2.40 bits per heavy atom. The smallest absolute Gasteiger partial charge is 0.00145 e. The largest absolute Gasteiger partial charge is 0.319 e. The first-order valence-electron chi connectivity index (χ1n) is 5.81. The van der Waals surface area contributed by atoms with Crippen molar-refractivity contribution in [3.63, 3.8) is 0 Å². The minimum atomic E-state index is 0.591. The monoisotopic (exact) mass is 205 g/mol. The maximum absolute atomic E-state index is 3.24. The molecule has 0 aliphatic rings. The van der Waals surface area contributed by atoms with Crippen molar-refractivity contribution in [3.05, 3.63) is 34.9 Å². The predicted molar refractivity (Wildman–Crippen MR) is 67.6 cm³/mol. The lowest BCUT2D eigenvalue weighted by Crippen LogP contribution is -2.15. The predicted octanol–water partition coefficient (Wildman–Crippen LogP) is 3.44. The van der Waals surface area contributed by atoms with Gasteiger partial charge >= 0.3 is 0 Å². The average molecular weight is 205 g/mol. The molecular weight excluding hydrogens is 182 g/mol. The van der Waals surface area contributed by atoms with Gasteiger partial charge in [-0.25, -0.2) is 0 Å². The molecule has 0 bridgehead atoms. The van der Waals surface area contributed by atoms with E-state index in [1.165, 1.54) is 16.7 Å². The molecule has 0 saturated heterocycles. The molecule has 0 aliphatic heterocycles. The molecule has 0 aromatic heterocycles. The number of benzene rings is 1. The van der Waals surface area contributed by atoms with Gasteiger partial charge in [0.05, 0.1) is 0 Å². The fourth-order valence-electron chi connectivity index (χ4n) is 1.97. The molecule has 84 valence electrons. The van der Waals surface area contributed by atoms with Gasteiger partial charge in [-0.15, -0.1) is 0 Å². The minimum Gasteiger partial charge on any atom is -0.319 e. The average Bonchev–Trinajstić information content (AvgIpc) is 2.18. The van der Waals surface area contributed by atoms with Crippen LogP contribution in [0.4, 0.5) is 0 Å². The summed E-state index contributed by atoms with van der Waals surface area (Å²) in [7, 11) is 2.01. The molecule has 1 N–H and O–H groups in total. The van der Waals surface area contributed by atoms with E-state index in [-0.39, 0.29) is 0 Å². The van der Waals surface area contributed by atoms with Crippen molar-refractivity contribution in [3.8, 4) is 0 Å². The van der Waals surface area contributed by atoms with E-state index in [9.17, 15) is 0 Å². The molecule has 1 heteroatoms. The first-order valence-corrected chi connectivity index (χ1v) is 5.81. The zero-order valence-electron chi connectivity index (χ0n) is 10.6. The first-order chi connectivity index (χ1) is 7.06. The first kappa shape index (κ1) is 12.3. The van der Waals surface area contributed by atoms with Gasteiger partial charge in [-0.1, -0.05) is 39.0 Å². The number of nitrogens with one attached hydrogen (secondary N) is 1. The van der Waals surface area contributed by atoms with Crippen molar-refractivity contribution in [2.75, 3.05) is 13.6 Å². The van der Waals surface area contributed by atoms with Crippen LogP contribution in [0.25, 0.3) is 0 Å². The fourth-order valence-corrected chi connectivity index (χ4v) is 1.97. The Labute approximate surface area is 93.9 Å². The molecule has 0 spiro atoms. The van der Waals surface area contributed by atoms with Gasteiger partial charge in [0.1, 0.15) is 0 Å². The van der Waals surface area contributed by atoms with Gasteiger partial charge in [-0.2, -0.15) is 0 Å². The number of rotatable bonds is 4. The summed E-state index contributed by atoms with van der Waals surface area (Å²) in [4.78, 5) is 0. The number of aryl methyl sites for hydroxylation is 1. The SMILES string of the molecule is CNCC(C)c1cc(C(C)C)ccc1C. The molecular formula is C14H23N. The molecule has 15 heavy (non-hydrogen) atoms. The normalized spacial score (nSPS) is 13.2. The third kappa shape index (κ3) is 3.07. The highest BCUT2D eigenvalue weighted by Crippen LogP contribution is 2.24. The lowest BCUT2D eigenvalue weighted by Gasteiger charge is -2.17. The summed E-state index contributed by atoms with van der Waals surface area (Å²) in [5.74, 6) is 1.21. The summed E-state index contributed by atoms with van der Waals surface area (Å²) in [6, 6.07) is 6.86. The highest BCUT2D eigenvalue weighted by atomic mass is 14.8. The van der Waals surface area contributed by atoms with Gasteiger partial charge in [0.2, 0.25) is 0 Å². The van der Waals surface area contributed by atoms with E-state index in [1.54, 1.807) is 0 Å². The third-order valence-electron chi connectivity index (χ3n) is 3.01. The van der Waals surface area contributed by atoms with Crippen molar-refractivity contribution >= 4 is 0 Å². The molecule has 0 aliphatic carbocycles. The van der Waals surface area contributed by atoms with Gasteiger partial charge in [0.15, 0.2) is 0 Å². The Bertz CT molecular complexity index is 315. The summed E-state index contributed by atoms with van der Waals surface area (Å²) in [5.41, 5.74) is 4.33. The second-order valence-electron chi connectivity index (χ2n) is 4.73. The van der Waals surface area contributed by atoms with Crippen LogP contribution in [-0.4, -0.2) is 13.6 Å². The van der Waals surface area contributed by atoms with Crippen LogP contribution in [0.1, 0.15) is 49.3 Å². The van der Waals surface area contributed by atoms with Crippen molar-refractivity contribution in [1.29, 1.82) is 0 Å². The highest BCUT2D eigenvalue weighted by molar-refractivity contribution is 5.35. The molecule has 0 fully saturated rings. The number of hydrogen-bond donors (Lipinski definition) is 1. The zero-order chi connectivity index (χ0) is 11.4. The van der Waals surface area contributed by atoms with Crippen LogP contribution >= 0.6 is 0 Å². The molecule has 1 nitrogen and oxygen atoms in total. The Kier molecular flexibility index (Phi) is 4.34. The zero-order valence-corrected chi connectivity index (χ0v) is 10.6. The summed E-state index contributed by atoms with van der Waals surface area (Å²) >= 11 is 0. The standard InChI is InChI=1S/C14H23N/c1-10(2)13-7-6-11(3)14(8-13)12(4)9-15-5/h6-8,10,12,15H,9H2,1-5H3. The Hall–Kier alpha value is -0.820. The van der Waals surface area contributed by atoms with Gasteiger partial charge in [0, 0.05) is 6.54 Å². The lowest BCUT2D eigenvalue weighted by molar-refractivity contribution is 0.672. The molecule has 1 atom stereocenters. The molecule has 0 amide bonds. The molecule has 1 unspecified atom stereocenters. The van der Waals surface area contributed by atoms with E-state index in [0.717, 1.165) is 6.54 Å². The topological polar surface area (TPSA) is 12.0 Å². The molecule has 1 rings (SSSR count). The van der Waals surface area contributed by atoms with Crippen molar-refractivity contribution in [1.82, 2.24) is 5.32 Å². The summed E-state index contributed by atoms with van der Waals surface area (Å²) in [6.45, 7) is 10.0. The molecule has 1 aromatic carbocycles. The van der Waals surface area contributed by atoms with Crippen molar-refractivity contribution in [2.45, 2.75) is 39.5 Å². The van der Waals surface area contributed by atoms with Gasteiger partial charge in [-0.05, 0) is 42.5 Å². The Balaban J connectivity index is 2.99. The van der Waals surface area contributed by atoms with Crippen LogP contribution in [0.3, 0.4) is 0 Å². The minimum absolute atomic E-state index is 0.591. The molecule has 0 radical (unpaired) electrons. The van der Waals surface area contributed by atoms with E-state index in [1.807, 2.05) is 7.05 Å². The van der Waals surface area contributed by atoms with E-state index >= 15 is 0 Å². The van der Waals surface area contributed by atoms with Crippen LogP contribution in [0, 0.1) is 6.92 Å². The summed E-state index contributed by atoms with van der Waals surface area (Å²) in [5, 5.41) is 3.24. The van der Waals surface area contributed by atoms with Crippen molar-refractivity contribution in [2.24, 2.45) is 0 Å².